The van der Waals surface area contributed by atoms with Crippen molar-refractivity contribution in [1.29, 1.82) is 0 Å². The van der Waals surface area contributed by atoms with Crippen molar-refractivity contribution in [3.63, 3.8) is 0 Å². The van der Waals surface area contributed by atoms with Crippen molar-refractivity contribution in [3.8, 4) is 0 Å². The molecule has 0 radical (unpaired) electrons. The van der Waals surface area contributed by atoms with Gasteiger partial charge in [0.1, 0.15) is 0 Å². The molecule has 1 aromatic rings. The van der Waals surface area contributed by atoms with E-state index in [9.17, 15) is 0 Å². The van der Waals surface area contributed by atoms with Crippen molar-refractivity contribution in [3.05, 3.63) is 18.5 Å². The molecule has 4 nitrogen and oxygen atoms in total. The van der Waals surface area contributed by atoms with Gasteiger partial charge in [-0.2, -0.15) is 5.10 Å². The first kappa shape index (κ1) is 13.6. The van der Waals surface area contributed by atoms with Gasteiger partial charge in [0.15, 0.2) is 0 Å². The highest BCUT2D eigenvalue weighted by Crippen LogP contribution is 2.34. The minimum Gasteiger partial charge on any atom is -0.329 e. The minimum atomic E-state index is 0.267. The van der Waals surface area contributed by atoms with Crippen molar-refractivity contribution in [2.45, 2.75) is 51.1 Å². The predicted octanol–water partition coefficient (Wildman–Crippen LogP) is 1.87. The number of nitrogens with two attached hydrogens (primary N) is 1. The Morgan fingerprint density at radius 2 is 2.11 bits per heavy atom. The highest BCUT2D eigenvalue weighted by Gasteiger charge is 2.37. The molecule has 0 aromatic carbocycles. The monoisotopic (exact) mass is 250 g/mol. The Morgan fingerprint density at radius 1 is 1.33 bits per heavy atom. The third-order valence-corrected chi connectivity index (χ3v) is 4.24. The molecule has 0 amide bonds. The fraction of sp³-hybridized carbons (Fsp3) is 0.786. The van der Waals surface area contributed by atoms with Crippen molar-refractivity contribution in [2.24, 2.45) is 5.73 Å². The average Bonchev–Trinajstić information content (AvgIpc) is 3.06. The van der Waals surface area contributed by atoms with Crippen LogP contribution in [0.15, 0.2) is 18.5 Å². The van der Waals surface area contributed by atoms with E-state index in [1.807, 2.05) is 23.1 Å². The van der Waals surface area contributed by atoms with E-state index < -0.39 is 0 Å². The Balaban J connectivity index is 1.98. The van der Waals surface area contributed by atoms with Gasteiger partial charge in [-0.25, -0.2) is 0 Å². The lowest BCUT2D eigenvalue weighted by atomic mass is 9.94. The Morgan fingerprint density at radius 3 is 2.67 bits per heavy atom. The van der Waals surface area contributed by atoms with E-state index in [4.69, 9.17) is 5.73 Å². The molecule has 18 heavy (non-hydrogen) atoms. The van der Waals surface area contributed by atoms with Crippen molar-refractivity contribution < 1.29 is 0 Å². The van der Waals surface area contributed by atoms with Crippen LogP contribution < -0.4 is 5.73 Å². The fourth-order valence-electron chi connectivity index (χ4n) is 3.19. The molecule has 4 heteroatoms. The first-order valence-electron chi connectivity index (χ1n) is 7.23. The van der Waals surface area contributed by atoms with Crippen LogP contribution >= 0.6 is 0 Å². The van der Waals surface area contributed by atoms with Crippen molar-refractivity contribution in [2.75, 3.05) is 19.6 Å². The molecule has 1 aliphatic carbocycles. The van der Waals surface area contributed by atoms with Gasteiger partial charge in [0, 0.05) is 31.0 Å². The molecular weight excluding hydrogens is 224 g/mol. The zero-order valence-electron chi connectivity index (χ0n) is 11.5. The molecule has 1 aliphatic rings. The van der Waals surface area contributed by atoms with Gasteiger partial charge in [0.2, 0.25) is 0 Å². The van der Waals surface area contributed by atoms with Gasteiger partial charge in [-0.1, -0.05) is 19.8 Å². The van der Waals surface area contributed by atoms with Gasteiger partial charge in [-0.05, 0) is 31.9 Å². The molecule has 0 bridgehead atoms. The molecular formula is C14H26N4. The summed E-state index contributed by atoms with van der Waals surface area (Å²) in [6.45, 7) is 6.23. The lowest BCUT2D eigenvalue weighted by molar-refractivity contribution is 0.0930. The second-order valence-corrected chi connectivity index (χ2v) is 5.39. The van der Waals surface area contributed by atoms with E-state index in [-0.39, 0.29) is 5.54 Å². The van der Waals surface area contributed by atoms with Gasteiger partial charge in [0.25, 0.3) is 0 Å². The van der Waals surface area contributed by atoms with Crippen LogP contribution in [-0.2, 0) is 6.54 Å². The SMILES string of the molecule is CCCN(CCn1cccn1)C1(CN)CCCC1. The molecule has 0 spiro atoms. The van der Waals surface area contributed by atoms with Crippen molar-refractivity contribution in [1.82, 2.24) is 14.7 Å². The zero-order chi connectivity index (χ0) is 12.8. The number of aromatic nitrogens is 2. The summed E-state index contributed by atoms with van der Waals surface area (Å²) in [6.07, 6.45) is 10.3. The van der Waals surface area contributed by atoms with Gasteiger partial charge in [-0.3, -0.25) is 9.58 Å². The summed E-state index contributed by atoms with van der Waals surface area (Å²) in [7, 11) is 0. The Kier molecular flexibility index (Phi) is 4.78. The molecule has 1 heterocycles. The first-order chi connectivity index (χ1) is 8.80. The first-order valence-corrected chi connectivity index (χ1v) is 7.23. The second kappa shape index (κ2) is 6.34. The summed E-state index contributed by atoms with van der Waals surface area (Å²) in [5.41, 5.74) is 6.35. The standard InChI is InChI=1S/C14H26N4/c1-2-9-17(11-12-18-10-5-8-16-18)14(13-15)6-3-4-7-14/h5,8,10H,2-4,6-7,9,11-13,15H2,1H3. The number of rotatable bonds is 7. The van der Waals surface area contributed by atoms with Crippen LogP contribution in [0.5, 0.6) is 0 Å². The Bertz CT molecular complexity index is 328. The molecule has 2 rings (SSSR count). The van der Waals surface area contributed by atoms with Crippen LogP contribution in [0.1, 0.15) is 39.0 Å². The van der Waals surface area contributed by atoms with E-state index in [1.165, 1.54) is 32.1 Å². The lowest BCUT2D eigenvalue weighted by Crippen LogP contribution is -2.53. The van der Waals surface area contributed by atoms with Gasteiger partial charge < -0.3 is 5.73 Å². The summed E-state index contributed by atoms with van der Waals surface area (Å²) in [4.78, 5) is 2.61. The maximum absolute atomic E-state index is 6.08. The maximum atomic E-state index is 6.08. The fourth-order valence-corrected chi connectivity index (χ4v) is 3.19. The van der Waals surface area contributed by atoms with Crippen LogP contribution in [0.4, 0.5) is 0 Å². The van der Waals surface area contributed by atoms with Crippen LogP contribution in [0, 0.1) is 0 Å². The molecule has 2 N–H and O–H groups in total. The third-order valence-electron chi connectivity index (χ3n) is 4.24. The normalized spacial score (nSPS) is 18.6. The molecule has 0 unspecified atom stereocenters. The highest BCUT2D eigenvalue weighted by molar-refractivity contribution is 4.95. The number of hydrogen-bond donors (Lipinski definition) is 1. The topological polar surface area (TPSA) is 47.1 Å². The van der Waals surface area contributed by atoms with Gasteiger partial charge in [-0.15, -0.1) is 0 Å². The molecule has 1 fully saturated rings. The van der Waals surface area contributed by atoms with Crippen LogP contribution in [-0.4, -0.2) is 39.9 Å². The summed E-state index contributed by atoms with van der Waals surface area (Å²) >= 11 is 0. The second-order valence-electron chi connectivity index (χ2n) is 5.39. The largest absolute Gasteiger partial charge is 0.329 e. The van der Waals surface area contributed by atoms with E-state index in [0.717, 1.165) is 26.2 Å². The highest BCUT2D eigenvalue weighted by atomic mass is 15.3. The van der Waals surface area contributed by atoms with Crippen LogP contribution in [0.25, 0.3) is 0 Å². The van der Waals surface area contributed by atoms with Gasteiger partial charge in [0.05, 0.1) is 6.54 Å². The third kappa shape index (κ3) is 2.93. The predicted molar refractivity (Wildman–Crippen MR) is 74.3 cm³/mol. The smallest absolute Gasteiger partial charge is 0.0536 e. The minimum absolute atomic E-state index is 0.267. The van der Waals surface area contributed by atoms with E-state index in [0.29, 0.717) is 0 Å². The zero-order valence-corrected chi connectivity index (χ0v) is 11.5. The molecule has 0 aliphatic heterocycles. The molecule has 0 atom stereocenters. The number of nitrogens with zero attached hydrogens (tertiary/aromatic N) is 3. The van der Waals surface area contributed by atoms with Crippen LogP contribution in [0.2, 0.25) is 0 Å². The van der Waals surface area contributed by atoms with Gasteiger partial charge >= 0.3 is 0 Å². The maximum Gasteiger partial charge on any atom is 0.0536 e. The molecule has 1 aromatic heterocycles. The summed E-state index contributed by atoms with van der Waals surface area (Å²) in [6, 6.07) is 1.98. The van der Waals surface area contributed by atoms with E-state index in [2.05, 4.69) is 16.9 Å². The molecule has 0 saturated heterocycles. The quantitative estimate of drug-likeness (QED) is 0.803. The summed E-state index contributed by atoms with van der Waals surface area (Å²) < 4.78 is 2.02. The average molecular weight is 250 g/mol. The van der Waals surface area contributed by atoms with Crippen molar-refractivity contribution >= 4 is 0 Å². The molecule has 102 valence electrons. The van der Waals surface area contributed by atoms with E-state index >= 15 is 0 Å². The number of hydrogen-bond acceptors (Lipinski definition) is 3. The Hall–Kier alpha value is -0.870. The van der Waals surface area contributed by atoms with E-state index in [1.54, 1.807) is 0 Å². The molecule has 1 saturated carbocycles. The summed E-state index contributed by atoms with van der Waals surface area (Å²) in [5.74, 6) is 0. The Labute approximate surface area is 110 Å². The van der Waals surface area contributed by atoms with Crippen LogP contribution in [0.3, 0.4) is 0 Å². The lowest BCUT2D eigenvalue weighted by Gasteiger charge is -2.40. The summed E-state index contributed by atoms with van der Waals surface area (Å²) in [5, 5.41) is 4.28.